The lowest BCUT2D eigenvalue weighted by Crippen LogP contribution is -2.39. The van der Waals surface area contributed by atoms with Gasteiger partial charge >= 0.3 is 0 Å². The smallest absolute Gasteiger partial charge is 0.252 e. The second kappa shape index (κ2) is 9.57. The Balaban J connectivity index is 1.76. The number of likely N-dealkylation sites (N-methyl/N-ethyl adjacent to an activating group) is 1. The van der Waals surface area contributed by atoms with E-state index in [1.165, 1.54) is 22.7 Å². The van der Waals surface area contributed by atoms with Crippen molar-refractivity contribution in [3.05, 3.63) is 65.2 Å². The number of carbonyl (C=O) groups is 2. The van der Waals surface area contributed by atoms with Gasteiger partial charge in [-0.05, 0) is 43.3 Å². The molecular formula is C22H25F2N3O2S. The van der Waals surface area contributed by atoms with Gasteiger partial charge in [-0.1, -0.05) is 18.2 Å². The van der Waals surface area contributed by atoms with Gasteiger partial charge in [-0.3, -0.25) is 14.5 Å². The summed E-state index contributed by atoms with van der Waals surface area (Å²) in [5.41, 5.74) is 1.12. The number of hydrogen-bond donors (Lipinski definition) is 1. The zero-order chi connectivity index (χ0) is 21.8. The maximum Gasteiger partial charge on any atom is 0.252 e. The normalized spacial score (nSPS) is 19.0. The first-order valence-corrected chi connectivity index (χ1v) is 10.6. The Labute approximate surface area is 179 Å². The molecule has 1 fully saturated rings. The van der Waals surface area contributed by atoms with E-state index in [9.17, 15) is 18.4 Å². The molecule has 2 aromatic carbocycles. The van der Waals surface area contributed by atoms with Crippen molar-refractivity contribution in [1.29, 1.82) is 0 Å². The van der Waals surface area contributed by atoms with Crippen LogP contribution in [0.3, 0.4) is 0 Å². The SMILES string of the molecule is CN(C)C(=O)CSc1ccccc1C(=O)N[C@@H]1CCN(C)[C@@H]1c1ccc(F)c(F)c1. The van der Waals surface area contributed by atoms with Crippen molar-refractivity contribution in [3.8, 4) is 0 Å². The largest absolute Gasteiger partial charge is 0.348 e. The minimum atomic E-state index is -0.898. The average Bonchev–Trinajstić information content (AvgIpc) is 3.08. The van der Waals surface area contributed by atoms with Gasteiger partial charge in [0.1, 0.15) is 0 Å². The van der Waals surface area contributed by atoms with Crippen LogP contribution in [0.1, 0.15) is 28.4 Å². The minimum Gasteiger partial charge on any atom is -0.348 e. The number of nitrogens with one attached hydrogen (secondary N) is 1. The van der Waals surface area contributed by atoms with Crippen molar-refractivity contribution in [1.82, 2.24) is 15.1 Å². The molecule has 0 spiro atoms. The molecule has 0 aliphatic carbocycles. The fourth-order valence-electron chi connectivity index (χ4n) is 3.58. The van der Waals surface area contributed by atoms with Crippen molar-refractivity contribution in [2.45, 2.75) is 23.4 Å². The van der Waals surface area contributed by atoms with Crippen LogP contribution in [-0.4, -0.2) is 61.1 Å². The number of likely N-dealkylation sites (tertiary alicyclic amines) is 1. The summed E-state index contributed by atoms with van der Waals surface area (Å²) >= 11 is 1.32. The van der Waals surface area contributed by atoms with E-state index in [0.717, 1.165) is 17.5 Å². The van der Waals surface area contributed by atoms with Crippen molar-refractivity contribution < 1.29 is 18.4 Å². The third-order valence-corrected chi connectivity index (χ3v) is 6.29. The van der Waals surface area contributed by atoms with Crippen molar-refractivity contribution in [2.24, 2.45) is 0 Å². The van der Waals surface area contributed by atoms with Crippen LogP contribution in [0.15, 0.2) is 47.4 Å². The van der Waals surface area contributed by atoms with Gasteiger partial charge in [0.05, 0.1) is 23.4 Å². The standard InChI is InChI=1S/C22H25F2N3O2S/c1-26(2)20(28)13-30-19-7-5-4-6-15(19)22(29)25-18-10-11-27(3)21(18)14-8-9-16(23)17(24)12-14/h4-9,12,18,21H,10-11,13H2,1-3H3,(H,25,29)/t18-,21-/m1/s1. The molecule has 160 valence electrons. The Morgan fingerprint density at radius 3 is 2.60 bits per heavy atom. The quantitative estimate of drug-likeness (QED) is 0.711. The van der Waals surface area contributed by atoms with Crippen LogP contribution in [0.25, 0.3) is 0 Å². The lowest BCUT2D eigenvalue weighted by atomic mass is 9.99. The molecule has 0 bridgehead atoms. The van der Waals surface area contributed by atoms with Crippen LogP contribution >= 0.6 is 11.8 Å². The highest BCUT2D eigenvalue weighted by molar-refractivity contribution is 8.00. The topological polar surface area (TPSA) is 52.7 Å². The number of rotatable bonds is 6. The number of nitrogens with zero attached hydrogens (tertiary/aromatic N) is 2. The molecule has 5 nitrogen and oxygen atoms in total. The van der Waals surface area contributed by atoms with Gasteiger partial charge in [0, 0.05) is 25.5 Å². The highest BCUT2D eigenvalue weighted by atomic mass is 32.2. The summed E-state index contributed by atoms with van der Waals surface area (Å²) in [5.74, 6) is -1.83. The predicted octanol–water partition coefficient (Wildman–Crippen LogP) is 3.32. The van der Waals surface area contributed by atoms with Crippen molar-refractivity contribution >= 4 is 23.6 Å². The summed E-state index contributed by atoms with van der Waals surface area (Å²) in [6.45, 7) is 0.725. The summed E-state index contributed by atoms with van der Waals surface area (Å²) in [6, 6.07) is 10.5. The molecule has 2 atom stereocenters. The van der Waals surface area contributed by atoms with Gasteiger partial charge in [0.15, 0.2) is 11.6 Å². The van der Waals surface area contributed by atoms with Gasteiger partial charge in [-0.2, -0.15) is 0 Å². The fourth-order valence-corrected chi connectivity index (χ4v) is 4.60. The van der Waals surface area contributed by atoms with Crippen LogP contribution < -0.4 is 5.32 Å². The summed E-state index contributed by atoms with van der Waals surface area (Å²) in [7, 11) is 5.28. The Morgan fingerprint density at radius 2 is 1.90 bits per heavy atom. The van der Waals surface area contributed by atoms with E-state index >= 15 is 0 Å². The zero-order valence-corrected chi connectivity index (χ0v) is 18.0. The van der Waals surface area contributed by atoms with Crippen LogP contribution in [-0.2, 0) is 4.79 Å². The molecule has 8 heteroatoms. The maximum atomic E-state index is 13.8. The van der Waals surface area contributed by atoms with E-state index in [-0.39, 0.29) is 29.7 Å². The predicted molar refractivity (Wildman–Crippen MR) is 113 cm³/mol. The van der Waals surface area contributed by atoms with E-state index in [2.05, 4.69) is 5.32 Å². The van der Waals surface area contributed by atoms with E-state index in [1.54, 1.807) is 32.3 Å². The second-order valence-electron chi connectivity index (χ2n) is 7.54. The number of thioether (sulfide) groups is 1. The molecule has 2 amide bonds. The number of amides is 2. The molecule has 1 saturated heterocycles. The molecule has 0 unspecified atom stereocenters. The average molecular weight is 434 g/mol. The van der Waals surface area contributed by atoms with Crippen molar-refractivity contribution in [3.63, 3.8) is 0 Å². The maximum absolute atomic E-state index is 13.8. The lowest BCUT2D eigenvalue weighted by molar-refractivity contribution is -0.125. The van der Waals surface area contributed by atoms with E-state index in [4.69, 9.17) is 0 Å². The summed E-state index contributed by atoms with van der Waals surface area (Å²) < 4.78 is 27.1. The van der Waals surface area contributed by atoms with Crippen LogP contribution in [0.5, 0.6) is 0 Å². The second-order valence-corrected chi connectivity index (χ2v) is 8.56. The van der Waals surface area contributed by atoms with Gasteiger partial charge < -0.3 is 10.2 Å². The number of halogens is 2. The van der Waals surface area contributed by atoms with Crippen LogP contribution in [0.2, 0.25) is 0 Å². The molecule has 3 rings (SSSR count). The summed E-state index contributed by atoms with van der Waals surface area (Å²) in [6.07, 6.45) is 0.695. The van der Waals surface area contributed by atoms with E-state index < -0.39 is 11.6 Å². The summed E-state index contributed by atoms with van der Waals surface area (Å²) in [4.78, 5) is 29.2. The van der Waals surface area contributed by atoms with Crippen LogP contribution in [0, 0.1) is 11.6 Å². The Hall–Kier alpha value is -2.45. The molecule has 30 heavy (non-hydrogen) atoms. The molecule has 2 aromatic rings. The number of hydrogen-bond acceptors (Lipinski definition) is 4. The molecule has 0 aromatic heterocycles. The molecule has 0 radical (unpaired) electrons. The minimum absolute atomic E-state index is 0.0361. The first-order chi connectivity index (χ1) is 14.3. The molecule has 1 N–H and O–H groups in total. The van der Waals surface area contributed by atoms with Gasteiger partial charge in [0.2, 0.25) is 5.91 Å². The highest BCUT2D eigenvalue weighted by Gasteiger charge is 2.35. The molecule has 1 aliphatic rings. The Morgan fingerprint density at radius 1 is 1.17 bits per heavy atom. The summed E-state index contributed by atoms with van der Waals surface area (Å²) in [5, 5.41) is 3.05. The van der Waals surface area contributed by atoms with Gasteiger partial charge in [-0.15, -0.1) is 11.8 Å². The van der Waals surface area contributed by atoms with E-state index in [0.29, 0.717) is 17.5 Å². The molecule has 1 heterocycles. The lowest BCUT2D eigenvalue weighted by Gasteiger charge is -2.26. The van der Waals surface area contributed by atoms with Crippen molar-refractivity contribution in [2.75, 3.05) is 33.4 Å². The zero-order valence-electron chi connectivity index (χ0n) is 17.2. The fraction of sp³-hybridized carbons (Fsp3) is 0.364. The van der Waals surface area contributed by atoms with Gasteiger partial charge in [0.25, 0.3) is 5.91 Å². The monoisotopic (exact) mass is 433 g/mol. The molecule has 0 saturated carbocycles. The number of benzene rings is 2. The highest BCUT2D eigenvalue weighted by Crippen LogP contribution is 2.32. The number of carbonyl (C=O) groups excluding carboxylic acids is 2. The van der Waals surface area contributed by atoms with Gasteiger partial charge in [-0.25, -0.2) is 8.78 Å². The third-order valence-electron chi connectivity index (χ3n) is 5.23. The Bertz CT molecular complexity index is 938. The first kappa shape index (κ1) is 22.2. The first-order valence-electron chi connectivity index (χ1n) is 9.66. The van der Waals surface area contributed by atoms with E-state index in [1.807, 2.05) is 24.1 Å². The van der Waals surface area contributed by atoms with Crippen LogP contribution in [0.4, 0.5) is 8.78 Å². The molecule has 1 aliphatic heterocycles. The molecular weight excluding hydrogens is 408 g/mol. The third kappa shape index (κ3) is 4.99. The Kier molecular flexibility index (Phi) is 7.10.